The van der Waals surface area contributed by atoms with Gasteiger partial charge in [-0.15, -0.1) is 0 Å². The first-order valence-corrected chi connectivity index (χ1v) is 9.36. The van der Waals surface area contributed by atoms with Gasteiger partial charge in [-0.2, -0.15) is 0 Å². The van der Waals surface area contributed by atoms with Crippen molar-refractivity contribution in [2.24, 2.45) is 0 Å². The van der Waals surface area contributed by atoms with E-state index in [0.717, 1.165) is 11.1 Å². The Morgan fingerprint density at radius 3 is 2.48 bits per heavy atom. The Morgan fingerprint density at radius 1 is 1.03 bits per heavy atom. The molecule has 0 fully saturated rings. The maximum Gasteiger partial charge on any atom is 0.337 e. The maximum atomic E-state index is 12.4. The van der Waals surface area contributed by atoms with Crippen molar-refractivity contribution in [3.8, 4) is 11.3 Å². The molecule has 0 bridgehead atoms. The lowest BCUT2D eigenvalue weighted by atomic mass is 10.1. The number of furan rings is 1. The Labute approximate surface area is 177 Å². The van der Waals surface area contributed by atoms with Gasteiger partial charge in [-0.1, -0.05) is 23.7 Å². The molecule has 0 aliphatic carbocycles. The fraction of sp³-hybridized carbons (Fsp3) is 0.0952. The number of hydrogen-bond acceptors (Lipinski definition) is 4. The largest absolute Gasteiger partial charge is 0.478 e. The zero-order valence-electron chi connectivity index (χ0n) is 15.6. The van der Waals surface area contributed by atoms with E-state index < -0.39 is 11.9 Å². The van der Waals surface area contributed by atoms with Crippen molar-refractivity contribution in [1.29, 1.82) is 0 Å². The summed E-state index contributed by atoms with van der Waals surface area (Å²) in [5.74, 6) is -1.02. The van der Waals surface area contributed by atoms with Crippen molar-refractivity contribution in [3.63, 3.8) is 0 Å². The third kappa shape index (κ3) is 4.82. The van der Waals surface area contributed by atoms with Crippen LogP contribution < -0.4 is 10.6 Å². The molecule has 29 heavy (non-hydrogen) atoms. The van der Waals surface area contributed by atoms with E-state index in [1.54, 1.807) is 18.2 Å². The van der Waals surface area contributed by atoms with Crippen LogP contribution in [0.1, 0.15) is 32.0 Å². The number of aromatic carboxylic acids is 1. The van der Waals surface area contributed by atoms with Gasteiger partial charge in [-0.25, -0.2) is 4.79 Å². The van der Waals surface area contributed by atoms with Crippen LogP contribution >= 0.6 is 23.8 Å². The molecule has 2 aromatic carbocycles. The Bertz CT molecular complexity index is 1120. The molecule has 0 aliphatic heterocycles. The Kier molecular flexibility index (Phi) is 6.00. The number of aryl methyl sites for hydroxylation is 2. The molecule has 1 aromatic heterocycles. The molecule has 148 valence electrons. The minimum absolute atomic E-state index is 0.00204. The van der Waals surface area contributed by atoms with Gasteiger partial charge in [0, 0.05) is 11.3 Å². The standard InChI is InChI=1S/C21H17ClN2O4S/c1-11-3-4-13(9-12(11)2)17-7-8-18(28-17)19(25)24-21(29)23-14-5-6-16(22)15(10-14)20(26)27/h3-10H,1-2H3,(H,26,27)(H2,23,24,25,29). The SMILES string of the molecule is Cc1ccc(-c2ccc(C(=O)NC(=S)Nc3ccc(Cl)c(C(=O)O)c3)o2)cc1C. The van der Waals surface area contributed by atoms with Crippen LogP contribution in [0, 0.1) is 13.8 Å². The van der Waals surface area contributed by atoms with Gasteiger partial charge < -0.3 is 14.8 Å². The van der Waals surface area contributed by atoms with E-state index in [-0.39, 0.29) is 21.5 Å². The minimum atomic E-state index is -1.16. The van der Waals surface area contributed by atoms with E-state index in [1.165, 1.54) is 17.7 Å². The normalized spacial score (nSPS) is 10.4. The van der Waals surface area contributed by atoms with Gasteiger partial charge in [0.15, 0.2) is 10.9 Å². The molecule has 0 saturated carbocycles. The van der Waals surface area contributed by atoms with Gasteiger partial charge in [0.25, 0.3) is 5.91 Å². The molecule has 3 N–H and O–H groups in total. The fourth-order valence-electron chi connectivity index (χ4n) is 2.60. The minimum Gasteiger partial charge on any atom is -0.478 e. The lowest BCUT2D eigenvalue weighted by Crippen LogP contribution is -2.33. The first kappa shape index (κ1) is 20.6. The smallest absolute Gasteiger partial charge is 0.337 e. The van der Waals surface area contributed by atoms with Crippen molar-refractivity contribution in [2.45, 2.75) is 13.8 Å². The molecule has 0 saturated heterocycles. The quantitative estimate of drug-likeness (QED) is 0.504. The predicted octanol–water partition coefficient (Wildman–Crippen LogP) is 5.04. The van der Waals surface area contributed by atoms with E-state index in [1.807, 2.05) is 32.0 Å². The monoisotopic (exact) mass is 428 g/mol. The highest BCUT2D eigenvalue weighted by Gasteiger charge is 2.15. The Morgan fingerprint density at radius 2 is 1.79 bits per heavy atom. The molecule has 3 aromatic rings. The van der Waals surface area contributed by atoms with Crippen LogP contribution in [0.3, 0.4) is 0 Å². The molecule has 0 spiro atoms. The van der Waals surface area contributed by atoms with Crippen LogP contribution in [-0.4, -0.2) is 22.1 Å². The molecule has 1 amide bonds. The highest BCUT2D eigenvalue weighted by atomic mass is 35.5. The van der Waals surface area contributed by atoms with E-state index in [4.69, 9.17) is 33.3 Å². The molecule has 0 aliphatic rings. The zero-order chi connectivity index (χ0) is 21.1. The molecule has 6 nitrogen and oxygen atoms in total. The van der Waals surface area contributed by atoms with Crippen molar-refractivity contribution >= 4 is 46.5 Å². The second kappa shape index (κ2) is 8.46. The van der Waals surface area contributed by atoms with Gasteiger partial charge in [0.2, 0.25) is 0 Å². The number of carbonyl (C=O) groups excluding carboxylic acids is 1. The van der Waals surface area contributed by atoms with Crippen molar-refractivity contribution < 1.29 is 19.1 Å². The van der Waals surface area contributed by atoms with Crippen LogP contribution in [0.4, 0.5) is 5.69 Å². The number of hydrogen-bond donors (Lipinski definition) is 3. The number of carboxylic acids is 1. The van der Waals surface area contributed by atoms with Crippen LogP contribution in [0.5, 0.6) is 0 Å². The van der Waals surface area contributed by atoms with E-state index in [2.05, 4.69) is 10.6 Å². The molecular weight excluding hydrogens is 412 g/mol. The number of amides is 1. The summed E-state index contributed by atoms with van der Waals surface area (Å²) >= 11 is 11.0. The number of carboxylic acid groups (broad SMARTS) is 1. The summed E-state index contributed by atoms with van der Waals surface area (Å²) in [6.45, 7) is 4.03. The summed E-state index contributed by atoms with van der Waals surface area (Å²) in [6.07, 6.45) is 0. The van der Waals surface area contributed by atoms with Crippen molar-refractivity contribution in [3.05, 3.63) is 76.0 Å². The highest BCUT2D eigenvalue weighted by Crippen LogP contribution is 2.24. The summed E-state index contributed by atoms with van der Waals surface area (Å²) in [4.78, 5) is 23.5. The van der Waals surface area contributed by atoms with Gasteiger partial charge in [0.1, 0.15) is 5.76 Å². The lowest BCUT2D eigenvalue weighted by Gasteiger charge is -2.10. The molecular formula is C21H17ClN2O4S. The average Bonchev–Trinajstić information content (AvgIpc) is 3.15. The topological polar surface area (TPSA) is 91.6 Å². The number of nitrogens with one attached hydrogen (secondary N) is 2. The summed E-state index contributed by atoms with van der Waals surface area (Å²) in [7, 11) is 0. The predicted molar refractivity (Wildman–Crippen MR) is 116 cm³/mol. The van der Waals surface area contributed by atoms with Gasteiger partial charge in [-0.3, -0.25) is 10.1 Å². The Balaban J connectivity index is 1.68. The third-order valence-corrected chi connectivity index (χ3v) is 4.84. The van der Waals surface area contributed by atoms with Crippen LogP contribution in [0.15, 0.2) is 52.9 Å². The first-order valence-electron chi connectivity index (χ1n) is 8.57. The first-order chi connectivity index (χ1) is 13.7. The number of benzene rings is 2. The van der Waals surface area contributed by atoms with Crippen LogP contribution in [0.2, 0.25) is 5.02 Å². The molecule has 0 unspecified atom stereocenters. The number of rotatable bonds is 4. The molecule has 3 rings (SSSR count). The maximum absolute atomic E-state index is 12.4. The van der Waals surface area contributed by atoms with E-state index >= 15 is 0 Å². The van der Waals surface area contributed by atoms with Gasteiger partial charge >= 0.3 is 5.97 Å². The van der Waals surface area contributed by atoms with Crippen molar-refractivity contribution in [1.82, 2.24) is 5.32 Å². The van der Waals surface area contributed by atoms with Crippen molar-refractivity contribution in [2.75, 3.05) is 5.32 Å². The second-order valence-electron chi connectivity index (χ2n) is 6.37. The third-order valence-electron chi connectivity index (χ3n) is 4.30. The number of thiocarbonyl (C=S) groups is 1. The van der Waals surface area contributed by atoms with Crippen LogP contribution in [0.25, 0.3) is 11.3 Å². The Hall–Kier alpha value is -3.16. The van der Waals surface area contributed by atoms with Gasteiger partial charge in [-0.05, 0) is 73.6 Å². The van der Waals surface area contributed by atoms with E-state index in [0.29, 0.717) is 11.4 Å². The fourth-order valence-corrected chi connectivity index (χ4v) is 3.01. The van der Waals surface area contributed by atoms with E-state index in [9.17, 15) is 9.59 Å². The molecule has 0 atom stereocenters. The average molecular weight is 429 g/mol. The summed E-state index contributed by atoms with van der Waals surface area (Å²) in [5, 5.41) is 14.5. The summed E-state index contributed by atoms with van der Waals surface area (Å²) < 4.78 is 5.65. The summed E-state index contributed by atoms with van der Waals surface area (Å²) in [6, 6.07) is 13.5. The molecule has 1 heterocycles. The second-order valence-corrected chi connectivity index (χ2v) is 7.19. The molecule has 0 radical (unpaired) electrons. The number of halogens is 1. The van der Waals surface area contributed by atoms with Gasteiger partial charge in [0.05, 0.1) is 10.6 Å². The number of carbonyl (C=O) groups is 2. The lowest BCUT2D eigenvalue weighted by molar-refractivity contribution is 0.0697. The zero-order valence-corrected chi connectivity index (χ0v) is 17.1. The number of anilines is 1. The van der Waals surface area contributed by atoms with Crippen LogP contribution in [-0.2, 0) is 0 Å². The molecule has 8 heteroatoms. The summed E-state index contributed by atoms with van der Waals surface area (Å²) in [5.41, 5.74) is 3.47. The highest BCUT2D eigenvalue weighted by molar-refractivity contribution is 7.80.